The van der Waals surface area contributed by atoms with Crippen LogP contribution in [0.15, 0.2) is 42.5 Å². The van der Waals surface area contributed by atoms with Crippen molar-refractivity contribution in [2.75, 3.05) is 25.0 Å². The number of nitrogens with zero attached hydrogens (tertiary/aromatic N) is 2. The maximum atomic E-state index is 12.2. The molecule has 0 spiro atoms. The summed E-state index contributed by atoms with van der Waals surface area (Å²) in [6, 6.07) is 12.7. The Kier molecular flexibility index (Phi) is 6.93. The van der Waals surface area contributed by atoms with Crippen LogP contribution in [0.4, 0.5) is 11.4 Å². The lowest BCUT2D eigenvalue weighted by Crippen LogP contribution is -2.24. The molecule has 6 heteroatoms. The number of hydrogen-bond donors (Lipinski definition) is 1. The summed E-state index contributed by atoms with van der Waals surface area (Å²) in [5, 5.41) is 14.3. The highest BCUT2D eigenvalue weighted by Crippen LogP contribution is 2.34. The maximum Gasteiger partial charge on any atom is 0.292 e. The number of anilines is 1. The minimum absolute atomic E-state index is 0.104. The van der Waals surface area contributed by atoms with Crippen LogP contribution >= 0.6 is 0 Å². The van der Waals surface area contributed by atoms with Gasteiger partial charge < -0.3 is 10.2 Å². The molecule has 2 rings (SSSR count). The predicted octanol–water partition coefficient (Wildman–Crippen LogP) is 4.34. The zero-order valence-electron chi connectivity index (χ0n) is 16.4. The molecule has 0 radical (unpaired) electrons. The van der Waals surface area contributed by atoms with E-state index in [0.29, 0.717) is 17.8 Å². The molecule has 1 amide bonds. The van der Waals surface area contributed by atoms with Crippen molar-refractivity contribution in [3.8, 4) is 0 Å². The van der Waals surface area contributed by atoms with Gasteiger partial charge in [-0.15, -0.1) is 0 Å². The van der Waals surface area contributed by atoms with Crippen LogP contribution in [0.1, 0.15) is 54.6 Å². The molecular weight excluding hydrogens is 342 g/mol. The third-order valence-corrected chi connectivity index (χ3v) is 4.81. The van der Waals surface area contributed by atoms with Crippen LogP contribution in [0.25, 0.3) is 0 Å². The second kappa shape index (κ2) is 9.16. The normalized spacial score (nSPS) is 11.7. The molecule has 0 fully saturated rings. The van der Waals surface area contributed by atoms with Gasteiger partial charge in [0.1, 0.15) is 5.69 Å². The highest BCUT2D eigenvalue weighted by molar-refractivity contribution is 5.95. The maximum absolute atomic E-state index is 12.2. The van der Waals surface area contributed by atoms with Crippen molar-refractivity contribution >= 4 is 17.3 Å². The van der Waals surface area contributed by atoms with Crippen molar-refractivity contribution in [1.82, 2.24) is 5.32 Å². The van der Waals surface area contributed by atoms with Crippen molar-refractivity contribution in [3.05, 3.63) is 69.3 Å². The zero-order valence-corrected chi connectivity index (χ0v) is 16.4. The first-order valence-corrected chi connectivity index (χ1v) is 9.28. The molecule has 0 bridgehead atoms. The molecule has 27 heavy (non-hydrogen) atoms. The number of nitrogens with one attached hydrogen (secondary N) is 1. The second-order valence-electron chi connectivity index (χ2n) is 6.47. The zero-order chi connectivity index (χ0) is 20.0. The number of amides is 1. The van der Waals surface area contributed by atoms with E-state index in [1.54, 1.807) is 19.2 Å². The minimum Gasteiger partial charge on any atom is -0.366 e. The van der Waals surface area contributed by atoms with Gasteiger partial charge in [-0.25, -0.2) is 0 Å². The summed E-state index contributed by atoms with van der Waals surface area (Å²) in [5.74, 6) is -0.309. The molecule has 0 aliphatic heterocycles. The molecule has 144 valence electrons. The lowest BCUT2D eigenvalue weighted by Gasteiger charge is -2.23. The predicted molar refractivity (Wildman–Crippen MR) is 109 cm³/mol. The summed E-state index contributed by atoms with van der Waals surface area (Å²) in [4.78, 5) is 25.6. The topological polar surface area (TPSA) is 75.5 Å². The Bertz CT molecular complexity index is 820. The van der Waals surface area contributed by atoms with E-state index in [1.165, 1.54) is 0 Å². The van der Waals surface area contributed by atoms with Crippen molar-refractivity contribution in [3.63, 3.8) is 0 Å². The molecule has 2 aromatic carbocycles. The van der Waals surface area contributed by atoms with E-state index in [9.17, 15) is 14.9 Å². The van der Waals surface area contributed by atoms with E-state index in [4.69, 9.17) is 0 Å². The standard InChI is InChI=1S/C21H27N3O3/c1-5-13-23(6-2)19-12-11-16(14-20(19)24(26)27)15(3)17-9-7-8-10-18(17)21(25)22-4/h7-12,14-15H,5-6,13H2,1-4H3,(H,22,25). The van der Waals surface area contributed by atoms with Gasteiger partial charge in [0.2, 0.25) is 0 Å². The molecule has 1 atom stereocenters. The van der Waals surface area contributed by atoms with Crippen LogP contribution in [-0.4, -0.2) is 31.0 Å². The molecule has 1 unspecified atom stereocenters. The van der Waals surface area contributed by atoms with Gasteiger partial charge in [-0.05, 0) is 36.6 Å². The van der Waals surface area contributed by atoms with E-state index < -0.39 is 0 Å². The number of carbonyl (C=O) groups is 1. The molecule has 0 aliphatic rings. The molecule has 2 aromatic rings. The summed E-state index contributed by atoms with van der Waals surface area (Å²) >= 11 is 0. The number of hydrogen-bond acceptors (Lipinski definition) is 4. The number of rotatable bonds is 8. The number of nitro groups is 1. The van der Waals surface area contributed by atoms with Crippen LogP contribution in [0.2, 0.25) is 0 Å². The van der Waals surface area contributed by atoms with E-state index >= 15 is 0 Å². The number of carbonyl (C=O) groups excluding carboxylic acids is 1. The van der Waals surface area contributed by atoms with Crippen molar-refractivity contribution < 1.29 is 9.72 Å². The number of benzene rings is 2. The van der Waals surface area contributed by atoms with Gasteiger partial charge in [-0.2, -0.15) is 0 Å². The molecule has 1 N–H and O–H groups in total. The highest BCUT2D eigenvalue weighted by atomic mass is 16.6. The van der Waals surface area contributed by atoms with Gasteiger partial charge in [0, 0.05) is 37.7 Å². The second-order valence-corrected chi connectivity index (χ2v) is 6.47. The van der Waals surface area contributed by atoms with Crippen LogP contribution in [0.5, 0.6) is 0 Å². The van der Waals surface area contributed by atoms with Crippen molar-refractivity contribution in [1.29, 1.82) is 0 Å². The molecule has 0 aliphatic carbocycles. The van der Waals surface area contributed by atoms with E-state index in [2.05, 4.69) is 12.2 Å². The Morgan fingerprint density at radius 2 is 1.93 bits per heavy atom. The fraction of sp³-hybridized carbons (Fsp3) is 0.381. The van der Waals surface area contributed by atoms with Gasteiger partial charge in [0.15, 0.2) is 0 Å². The SMILES string of the molecule is CCCN(CC)c1ccc(C(C)c2ccccc2C(=O)NC)cc1[N+](=O)[O-]. The first-order chi connectivity index (χ1) is 12.9. The number of nitro benzene ring substituents is 1. The van der Waals surface area contributed by atoms with Crippen LogP contribution in [-0.2, 0) is 0 Å². The lowest BCUT2D eigenvalue weighted by molar-refractivity contribution is -0.384. The minimum atomic E-state index is -0.325. The Hall–Kier alpha value is -2.89. The van der Waals surface area contributed by atoms with Gasteiger partial charge in [-0.3, -0.25) is 14.9 Å². The fourth-order valence-corrected chi connectivity index (χ4v) is 3.34. The van der Waals surface area contributed by atoms with E-state index in [1.807, 2.05) is 49.1 Å². The monoisotopic (exact) mass is 369 g/mol. The molecule has 0 saturated carbocycles. The molecule has 0 saturated heterocycles. The Labute approximate surface area is 160 Å². The summed E-state index contributed by atoms with van der Waals surface area (Å²) in [6.45, 7) is 7.50. The van der Waals surface area contributed by atoms with Gasteiger partial charge >= 0.3 is 0 Å². The Morgan fingerprint density at radius 1 is 1.22 bits per heavy atom. The Balaban J connectivity index is 2.50. The highest BCUT2D eigenvalue weighted by Gasteiger charge is 2.23. The third kappa shape index (κ3) is 4.45. The molecule has 6 nitrogen and oxygen atoms in total. The summed E-state index contributed by atoms with van der Waals surface area (Å²) < 4.78 is 0. The van der Waals surface area contributed by atoms with E-state index in [-0.39, 0.29) is 22.4 Å². The lowest BCUT2D eigenvalue weighted by atomic mass is 9.89. The largest absolute Gasteiger partial charge is 0.366 e. The quantitative estimate of drug-likeness (QED) is 0.555. The first kappa shape index (κ1) is 20.4. The van der Waals surface area contributed by atoms with E-state index in [0.717, 1.165) is 24.1 Å². The fourth-order valence-electron chi connectivity index (χ4n) is 3.34. The smallest absolute Gasteiger partial charge is 0.292 e. The average Bonchev–Trinajstić information content (AvgIpc) is 2.70. The first-order valence-electron chi connectivity index (χ1n) is 9.28. The molecule has 0 heterocycles. The summed E-state index contributed by atoms with van der Waals surface area (Å²) in [6.07, 6.45) is 0.919. The molecular formula is C21H27N3O3. The van der Waals surface area contributed by atoms with Crippen molar-refractivity contribution in [2.45, 2.75) is 33.1 Å². The summed E-state index contributed by atoms with van der Waals surface area (Å²) in [7, 11) is 1.59. The van der Waals surface area contributed by atoms with Crippen LogP contribution in [0, 0.1) is 10.1 Å². The van der Waals surface area contributed by atoms with Crippen LogP contribution < -0.4 is 10.2 Å². The third-order valence-electron chi connectivity index (χ3n) is 4.81. The van der Waals surface area contributed by atoms with Gasteiger partial charge in [0.25, 0.3) is 11.6 Å². The molecule has 0 aromatic heterocycles. The van der Waals surface area contributed by atoms with Gasteiger partial charge in [-0.1, -0.05) is 38.1 Å². The Morgan fingerprint density at radius 3 is 2.52 bits per heavy atom. The van der Waals surface area contributed by atoms with Crippen LogP contribution in [0.3, 0.4) is 0 Å². The summed E-state index contributed by atoms with van der Waals surface area (Å²) in [5.41, 5.74) is 2.99. The van der Waals surface area contributed by atoms with Crippen molar-refractivity contribution in [2.24, 2.45) is 0 Å². The van der Waals surface area contributed by atoms with Gasteiger partial charge in [0.05, 0.1) is 4.92 Å². The average molecular weight is 369 g/mol.